The van der Waals surface area contributed by atoms with E-state index in [0.717, 1.165) is 47.2 Å². The highest BCUT2D eigenvalue weighted by molar-refractivity contribution is 5.95. The second kappa shape index (κ2) is 13.8. The number of aliphatic hydroxyl groups is 1. The van der Waals surface area contributed by atoms with Crippen LogP contribution in [0.1, 0.15) is 74.8 Å². The summed E-state index contributed by atoms with van der Waals surface area (Å²) in [5.41, 5.74) is 0.0373. The van der Waals surface area contributed by atoms with E-state index in [2.05, 4.69) is 35.0 Å². The molecule has 0 radical (unpaired) electrons. The van der Waals surface area contributed by atoms with E-state index >= 15 is 4.79 Å². The zero-order chi connectivity index (χ0) is 39.8. The van der Waals surface area contributed by atoms with Crippen LogP contribution in [0.5, 0.6) is 5.75 Å². The minimum absolute atomic E-state index is 0.0385. The molecule has 4 aliphatic heterocycles. The lowest BCUT2D eigenvalue weighted by atomic mass is 9.49. The average molecular weight is 767 g/mol. The van der Waals surface area contributed by atoms with Gasteiger partial charge in [0.25, 0.3) is 0 Å². The Balaban J connectivity index is 1.46. The molecule has 7 atom stereocenters. The van der Waals surface area contributed by atoms with Crippen molar-refractivity contribution >= 4 is 40.7 Å². The number of aromatic nitrogens is 1. The van der Waals surface area contributed by atoms with Crippen LogP contribution in [0.15, 0.2) is 48.6 Å². The van der Waals surface area contributed by atoms with Gasteiger partial charge in [-0.15, -0.1) is 0 Å². The summed E-state index contributed by atoms with van der Waals surface area (Å²) in [7, 11) is 6.24. The number of hydrogen-bond acceptors (Lipinski definition) is 10. The molecule has 1 aromatic heterocycles. The Morgan fingerprint density at radius 1 is 1.02 bits per heavy atom. The molecule has 2 aromatic carbocycles. The first-order valence-electron chi connectivity index (χ1n) is 20.0. The smallest absolute Gasteiger partial charge is 0.340 e. The van der Waals surface area contributed by atoms with Crippen LogP contribution in [-0.2, 0) is 45.9 Å². The average Bonchev–Trinajstić information content (AvgIpc) is 3.88. The van der Waals surface area contributed by atoms with E-state index in [0.29, 0.717) is 49.2 Å². The van der Waals surface area contributed by atoms with E-state index in [4.69, 9.17) is 14.2 Å². The minimum atomic E-state index is -1.85. The van der Waals surface area contributed by atoms with Gasteiger partial charge in [0.2, 0.25) is 6.41 Å². The van der Waals surface area contributed by atoms with Gasteiger partial charge in [0, 0.05) is 90.3 Å². The number of para-hydroxylation sites is 1. The molecular weight excluding hydrogens is 713 g/mol. The Labute approximate surface area is 328 Å². The number of esters is 2. The first-order valence-corrected chi connectivity index (χ1v) is 20.0. The molecule has 3 aromatic rings. The predicted octanol–water partition coefficient (Wildman–Crippen LogP) is 4.43. The van der Waals surface area contributed by atoms with Crippen LogP contribution < -0.4 is 9.64 Å². The summed E-state index contributed by atoms with van der Waals surface area (Å²) in [5.74, 6) is -1.10. The summed E-state index contributed by atoms with van der Waals surface area (Å²) in [6.45, 7) is 6.15. The second-order valence-corrected chi connectivity index (χ2v) is 16.8. The number of amides is 1. The fourth-order valence-electron chi connectivity index (χ4n) is 12.3. The zero-order valence-corrected chi connectivity index (χ0v) is 33.4. The minimum Gasteiger partial charge on any atom is -0.496 e. The molecule has 7 unspecified atom stereocenters. The van der Waals surface area contributed by atoms with Crippen molar-refractivity contribution in [1.29, 1.82) is 0 Å². The van der Waals surface area contributed by atoms with Crippen LogP contribution in [0.4, 0.5) is 5.69 Å². The summed E-state index contributed by atoms with van der Waals surface area (Å²) in [6.07, 6.45) is 7.90. The summed E-state index contributed by atoms with van der Waals surface area (Å²) >= 11 is 0. The van der Waals surface area contributed by atoms with Crippen molar-refractivity contribution in [2.45, 2.75) is 87.3 Å². The number of methoxy groups -OCH3 is 3. The van der Waals surface area contributed by atoms with E-state index in [-0.39, 0.29) is 37.6 Å². The number of nitrogens with zero attached hydrogens (tertiary/aromatic N) is 3. The molecule has 5 heterocycles. The molecule has 8 rings (SSSR count). The Hall–Kier alpha value is -4.68. The van der Waals surface area contributed by atoms with Crippen LogP contribution in [0.25, 0.3) is 10.9 Å². The summed E-state index contributed by atoms with van der Waals surface area (Å²) in [6, 6.07) is 11.2. The van der Waals surface area contributed by atoms with Gasteiger partial charge >= 0.3 is 11.9 Å². The number of nitrogens with one attached hydrogen (secondary N) is 1. The number of Topliss-reactive ketones (excluding diaryl/α,β-unsaturated/α-hetero) is 1. The number of carbonyl (C=O) groups excluding carboxylic acids is 4. The van der Waals surface area contributed by atoms with Crippen LogP contribution >= 0.6 is 0 Å². The molecule has 1 spiro atoms. The third-order valence-corrected chi connectivity index (χ3v) is 14.4. The van der Waals surface area contributed by atoms with Gasteiger partial charge in [-0.05, 0) is 67.8 Å². The zero-order valence-electron chi connectivity index (χ0n) is 33.4. The van der Waals surface area contributed by atoms with Crippen molar-refractivity contribution in [3.8, 4) is 5.75 Å². The topological polar surface area (TPSA) is 142 Å². The Bertz CT molecular complexity index is 2130. The molecule has 0 bridgehead atoms. The van der Waals surface area contributed by atoms with Crippen LogP contribution in [0.3, 0.4) is 0 Å². The number of likely N-dealkylation sites (N-methyl/N-ethyl adjacent to an activating group) is 1. The largest absolute Gasteiger partial charge is 0.496 e. The summed E-state index contributed by atoms with van der Waals surface area (Å²) in [5, 5.41) is 13.8. The highest BCUT2D eigenvalue weighted by Crippen LogP contribution is 2.67. The number of rotatable bonds is 9. The van der Waals surface area contributed by atoms with Gasteiger partial charge in [0.1, 0.15) is 16.9 Å². The Morgan fingerprint density at radius 2 is 1.79 bits per heavy atom. The molecule has 12 nitrogen and oxygen atoms in total. The molecule has 5 aliphatic rings. The van der Waals surface area contributed by atoms with Crippen LogP contribution in [0.2, 0.25) is 0 Å². The predicted molar refractivity (Wildman–Crippen MR) is 211 cm³/mol. The molecule has 1 amide bonds. The number of H-pyrrole nitrogens is 1. The van der Waals surface area contributed by atoms with Crippen molar-refractivity contribution in [3.63, 3.8) is 0 Å². The molecule has 2 fully saturated rings. The number of ether oxygens (including phenoxy) is 3. The monoisotopic (exact) mass is 766 g/mol. The number of fused-ring (bicyclic) bond motifs is 4. The van der Waals surface area contributed by atoms with Gasteiger partial charge in [-0.3, -0.25) is 19.3 Å². The van der Waals surface area contributed by atoms with Gasteiger partial charge in [0.15, 0.2) is 5.60 Å². The highest BCUT2D eigenvalue weighted by atomic mass is 16.5. The maximum atomic E-state index is 15.2. The number of anilines is 1. The van der Waals surface area contributed by atoms with Crippen molar-refractivity contribution < 1.29 is 38.5 Å². The number of carbonyl (C=O) groups is 4. The number of hydrogen-bond donors (Lipinski definition) is 2. The van der Waals surface area contributed by atoms with Gasteiger partial charge in [0.05, 0.1) is 27.4 Å². The Kier molecular flexibility index (Phi) is 9.39. The van der Waals surface area contributed by atoms with Gasteiger partial charge in [-0.2, -0.15) is 0 Å². The first-order chi connectivity index (χ1) is 26.9. The molecule has 12 heteroatoms. The highest BCUT2D eigenvalue weighted by Gasteiger charge is 2.75. The number of aromatic amines is 1. The van der Waals surface area contributed by atoms with Crippen LogP contribution in [0, 0.1) is 11.3 Å². The summed E-state index contributed by atoms with van der Waals surface area (Å²) in [4.78, 5) is 65.0. The third kappa shape index (κ3) is 5.10. The van der Waals surface area contributed by atoms with Crippen LogP contribution in [-0.4, -0.2) is 116 Å². The van der Waals surface area contributed by atoms with E-state index in [1.807, 2.05) is 49.2 Å². The maximum absolute atomic E-state index is 15.2. The normalized spacial score (nSPS) is 32.0. The Morgan fingerprint density at radius 3 is 2.48 bits per heavy atom. The molecule has 56 heavy (non-hydrogen) atoms. The van der Waals surface area contributed by atoms with E-state index in [1.54, 1.807) is 12.0 Å². The molecule has 298 valence electrons. The fourth-order valence-corrected chi connectivity index (χ4v) is 12.3. The number of benzene rings is 2. The van der Waals surface area contributed by atoms with Gasteiger partial charge < -0.3 is 34.1 Å². The maximum Gasteiger partial charge on any atom is 0.340 e. The van der Waals surface area contributed by atoms with E-state index < -0.39 is 45.7 Å². The standard InChI is InChI=1S/C44H54N4O8/c1-7-28(50)20-27-23-43(39(51)55-5,36-30(14-18-47(24-27)26-49)29-12-9-10-13-33(29)45-36)32-21-31-34(22-35(32)54-4)46(3)38-42(31)16-19-48-17-11-15-41(8-2,37(42)48)25-44(38,53)40(52)56-6/h9-13,15,21-22,26-27,37-38,45,53H,7-8,14,16-20,23-25H2,1-6H3. The molecule has 1 saturated carbocycles. The first kappa shape index (κ1) is 38.2. The summed E-state index contributed by atoms with van der Waals surface area (Å²) < 4.78 is 17.6. The molecule has 1 aliphatic carbocycles. The second-order valence-electron chi connectivity index (χ2n) is 16.8. The lowest BCUT2D eigenvalue weighted by Gasteiger charge is -2.60. The van der Waals surface area contributed by atoms with Crippen molar-refractivity contribution in [2.24, 2.45) is 11.3 Å². The molecule has 1 saturated heterocycles. The van der Waals surface area contributed by atoms with E-state index in [1.165, 1.54) is 14.2 Å². The quantitative estimate of drug-likeness (QED) is 0.183. The van der Waals surface area contributed by atoms with Gasteiger partial charge in [-0.25, -0.2) is 4.79 Å². The molecular formula is C44H54N4O8. The van der Waals surface area contributed by atoms with Gasteiger partial charge in [-0.1, -0.05) is 44.2 Å². The van der Waals surface area contributed by atoms with Crippen molar-refractivity contribution in [2.75, 3.05) is 59.5 Å². The SMILES string of the molecule is CCC(=O)CC1CN(C=O)CCc2c([nH]c3ccccc23)C(C(=O)OC)(c2cc3c(cc2OC)N(C)C2C(O)(C(=O)OC)CC4(CC)C=CCN5CCC32C54)C1. The third-order valence-electron chi connectivity index (χ3n) is 14.4. The van der Waals surface area contributed by atoms with Crippen molar-refractivity contribution in [3.05, 3.63) is 70.9 Å². The molecule has 2 N–H and O–H groups in total. The number of ketones is 1. The fraction of sp³-hybridized carbons (Fsp3) is 0.545. The lowest BCUT2D eigenvalue weighted by molar-refractivity contribution is -0.181. The van der Waals surface area contributed by atoms with Crippen molar-refractivity contribution in [1.82, 2.24) is 14.8 Å². The van der Waals surface area contributed by atoms with E-state index in [9.17, 15) is 19.5 Å². The lowest BCUT2D eigenvalue weighted by Crippen LogP contribution is -2.74.